The summed E-state index contributed by atoms with van der Waals surface area (Å²) < 4.78 is 10.6. The maximum absolute atomic E-state index is 12.1. The Morgan fingerprint density at radius 2 is 1.93 bits per heavy atom. The molecular formula is C19H18N4O4. The second-order valence-electron chi connectivity index (χ2n) is 5.89. The van der Waals surface area contributed by atoms with Crippen molar-refractivity contribution in [2.45, 2.75) is 0 Å². The van der Waals surface area contributed by atoms with Gasteiger partial charge in [-0.2, -0.15) is 0 Å². The van der Waals surface area contributed by atoms with Crippen LogP contribution >= 0.6 is 0 Å². The Morgan fingerprint density at radius 1 is 1.15 bits per heavy atom. The topological polar surface area (TPSA) is 97.6 Å². The lowest BCUT2D eigenvalue weighted by Gasteiger charge is -2.12. The SMILES string of the molecule is CN(C)C(=O)c1cccc(NC(=O)COc2ccc(-c3nnco3)cc2)c1. The summed E-state index contributed by atoms with van der Waals surface area (Å²) in [4.78, 5) is 25.5. The first-order valence-corrected chi connectivity index (χ1v) is 8.14. The van der Waals surface area contributed by atoms with Gasteiger partial charge in [0.05, 0.1) is 0 Å². The van der Waals surface area contributed by atoms with Gasteiger partial charge in [0.2, 0.25) is 12.3 Å². The molecule has 0 aliphatic heterocycles. The number of hydrogen-bond acceptors (Lipinski definition) is 6. The predicted molar refractivity (Wildman–Crippen MR) is 98.3 cm³/mol. The summed E-state index contributed by atoms with van der Waals surface area (Å²) >= 11 is 0. The molecule has 3 rings (SSSR count). The number of benzene rings is 2. The summed E-state index contributed by atoms with van der Waals surface area (Å²) in [5, 5.41) is 10.2. The Morgan fingerprint density at radius 3 is 2.59 bits per heavy atom. The Kier molecular flexibility index (Phi) is 5.46. The first-order chi connectivity index (χ1) is 13.0. The van der Waals surface area contributed by atoms with E-state index >= 15 is 0 Å². The van der Waals surface area contributed by atoms with Crippen LogP contribution in [0.4, 0.5) is 5.69 Å². The second-order valence-corrected chi connectivity index (χ2v) is 5.89. The highest BCUT2D eigenvalue weighted by atomic mass is 16.5. The molecular weight excluding hydrogens is 348 g/mol. The van der Waals surface area contributed by atoms with Crippen molar-refractivity contribution in [2.24, 2.45) is 0 Å². The normalized spacial score (nSPS) is 10.3. The number of ether oxygens (including phenoxy) is 1. The summed E-state index contributed by atoms with van der Waals surface area (Å²) in [5.41, 5.74) is 1.78. The molecule has 0 aliphatic carbocycles. The van der Waals surface area contributed by atoms with Crippen LogP contribution in [0, 0.1) is 0 Å². The van der Waals surface area contributed by atoms with Crippen molar-refractivity contribution in [1.82, 2.24) is 15.1 Å². The van der Waals surface area contributed by atoms with Crippen molar-refractivity contribution >= 4 is 17.5 Å². The average molecular weight is 366 g/mol. The molecule has 2 aromatic carbocycles. The molecule has 0 aliphatic rings. The van der Waals surface area contributed by atoms with Crippen molar-refractivity contribution in [3.8, 4) is 17.2 Å². The zero-order valence-electron chi connectivity index (χ0n) is 14.9. The predicted octanol–water partition coefficient (Wildman–Crippen LogP) is 2.46. The maximum Gasteiger partial charge on any atom is 0.262 e. The Labute approximate surface area is 155 Å². The monoisotopic (exact) mass is 366 g/mol. The van der Waals surface area contributed by atoms with E-state index in [1.54, 1.807) is 62.6 Å². The summed E-state index contributed by atoms with van der Waals surface area (Å²) in [6, 6.07) is 13.7. The van der Waals surface area contributed by atoms with Crippen LogP contribution in [-0.4, -0.2) is 47.6 Å². The molecule has 3 aromatic rings. The number of aromatic nitrogens is 2. The molecule has 0 atom stereocenters. The first kappa shape index (κ1) is 18.1. The number of hydrogen-bond donors (Lipinski definition) is 1. The van der Waals surface area contributed by atoms with E-state index in [1.807, 2.05) is 0 Å². The fourth-order valence-corrected chi connectivity index (χ4v) is 2.33. The van der Waals surface area contributed by atoms with Gasteiger partial charge in [0.25, 0.3) is 11.8 Å². The van der Waals surface area contributed by atoms with Crippen LogP contribution in [0.25, 0.3) is 11.5 Å². The second kappa shape index (κ2) is 8.13. The van der Waals surface area contributed by atoms with Crippen molar-refractivity contribution in [3.05, 3.63) is 60.5 Å². The molecule has 27 heavy (non-hydrogen) atoms. The minimum atomic E-state index is -0.328. The smallest absolute Gasteiger partial charge is 0.262 e. The molecule has 0 saturated heterocycles. The summed E-state index contributed by atoms with van der Waals surface area (Å²) in [5.74, 6) is 0.477. The third-order valence-electron chi connectivity index (χ3n) is 3.63. The maximum atomic E-state index is 12.1. The standard InChI is InChI=1S/C19H18N4O4/c1-23(2)19(25)14-4-3-5-15(10-14)21-17(24)11-26-16-8-6-13(7-9-16)18-22-20-12-27-18/h3-10,12H,11H2,1-2H3,(H,21,24). The highest BCUT2D eigenvalue weighted by Gasteiger charge is 2.10. The van der Waals surface area contributed by atoms with Gasteiger partial charge in [0.1, 0.15) is 5.75 Å². The molecule has 0 spiro atoms. The molecule has 0 bridgehead atoms. The van der Waals surface area contributed by atoms with Gasteiger partial charge in [0, 0.05) is 30.9 Å². The van der Waals surface area contributed by atoms with Crippen LogP contribution in [0.1, 0.15) is 10.4 Å². The van der Waals surface area contributed by atoms with Crippen molar-refractivity contribution in [1.29, 1.82) is 0 Å². The van der Waals surface area contributed by atoms with Crippen molar-refractivity contribution in [2.75, 3.05) is 26.0 Å². The third kappa shape index (κ3) is 4.69. The number of nitrogens with one attached hydrogen (secondary N) is 1. The Hall–Kier alpha value is -3.68. The lowest BCUT2D eigenvalue weighted by molar-refractivity contribution is -0.118. The molecule has 2 amide bonds. The van der Waals surface area contributed by atoms with Gasteiger partial charge in [0.15, 0.2) is 6.61 Å². The summed E-state index contributed by atoms with van der Waals surface area (Å²) in [6.45, 7) is -0.161. The molecule has 1 N–H and O–H groups in total. The van der Waals surface area contributed by atoms with E-state index in [4.69, 9.17) is 9.15 Å². The van der Waals surface area contributed by atoms with Crippen LogP contribution in [0.15, 0.2) is 59.3 Å². The zero-order chi connectivity index (χ0) is 19.2. The van der Waals surface area contributed by atoms with Gasteiger partial charge in [-0.1, -0.05) is 6.07 Å². The van der Waals surface area contributed by atoms with Gasteiger partial charge < -0.3 is 19.4 Å². The van der Waals surface area contributed by atoms with Crippen LogP contribution in [0.5, 0.6) is 5.75 Å². The van der Waals surface area contributed by atoms with Gasteiger partial charge in [-0.3, -0.25) is 9.59 Å². The van der Waals surface area contributed by atoms with Crippen LogP contribution in [0.2, 0.25) is 0 Å². The lowest BCUT2D eigenvalue weighted by Crippen LogP contribution is -2.23. The van der Waals surface area contributed by atoms with Crippen LogP contribution < -0.4 is 10.1 Å². The number of amides is 2. The van der Waals surface area contributed by atoms with E-state index in [2.05, 4.69) is 15.5 Å². The fourth-order valence-electron chi connectivity index (χ4n) is 2.33. The fraction of sp³-hybridized carbons (Fsp3) is 0.158. The van der Waals surface area contributed by atoms with E-state index < -0.39 is 0 Å². The zero-order valence-corrected chi connectivity index (χ0v) is 14.9. The number of anilines is 1. The quantitative estimate of drug-likeness (QED) is 0.720. The highest BCUT2D eigenvalue weighted by Crippen LogP contribution is 2.20. The van der Waals surface area contributed by atoms with Crippen molar-refractivity contribution < 1.29 is 18.7 Å². The molecule has 8 heteroatoms. The summed E-state index contributed by atoms with van der Waals surface area (Å²) in [6.07, 6.45) is 1.26. The molecule has 0 radical (unpaired) electrons. The van der Waals surface area contributed by atoms with E-state index in [1.165, 1.54) is 11.3 Å². The third-order valence-corrected chi connectivity index (χ3v) is 3.63. The molecule has 0 unspecified atom stereocenters. The molecule has 0 saturated carbocycles. The number of carbonyl (C=O) groups is 2. The first-order valence-electron chi connectivity index (χ1n) is 8.14. The van der Waals surface area contributed by atoms with E-state index in [-0.39, 0.29) is 18.4 Å². The van der Waals surface area contributed by atoms with Gasteiger partial charge in [-0.25, -0.2) is 0 Å². The van der Waals surface area contributed by atoms with E-state index in [0.717, 1.165) is 5.56 Å². The molecule has 0 fully saturated rings. The van der Waals surface area contributed by atoms with Gasteiger partial charge in [-0.05, 0) is 42.5 Å². The van der Waals surface area contributed by atoms with Crippen molar-refractivity contribution in [3.63, 3.8) is 0 Å². The number of nitrogens with zero attached hydrogens (tertiary/aromatic N) is 3. The summed E-state index contributed by atoms with van der Waals surface area (Å²) in [7, 11) is 3.34. The van der Waals surface area contributed by atoms with E-state index in [9.17, 15) is 9.59 Å². The van der Waals surface area contributed by atoms with E-state index in [0.29, 0.717) is 22.9 Å². The number of carbonyl (C=O) groups excluding carboxylic acids is 2. The molecule has 138 valence electrons. The minimum Gasteiger partial charge on any atom is -0.484 e. The van der Waals surface area contributed by atoms with Gasteiger partial charge >= 0.3 is 0 Å². The Balaban J connectivity index is 1.55. The average Bonchev–Trinajstić information content (AvgIpc) is 3.21. The minimum absolute atomic E-state index is 0.135. The molecule has 1 heterocycles. The number of rotatable bonds is 6. The largest absolute Gasteiger partial charge is 0.484 e. The van der Waals surface area contributed by atoms with Crippen LogP contribution in [-0.2, 0) is 4.79 Å². The highest BCUT2D eigenvalue weighted by molar-refractivity contribution is 5.97. The molecule has 1 aromatic heterocycles. The van der Waals surface area contributed by atoms with Crippen LogP contribution in [0.3, 0.4) is 0 Å². The lowest BCUT2D eigenvalue weighted by atomic mass is 10.2. The van der Waals surface area contributed by atoms with Gasteiger partial charge in [-0.15, -0.1) is 10.2 Å². The Bertz CT molecular complexity index is 921. The molecule has 8 nitrogen and oxygen atoms in total.